The zero-order chi connectivity index (χ0) is 30.5. The van der Waals surface area contributed by atoms with Crippen molar-refractivity contribution in [3.05, 3.63) is 94.0 Å². The van der Waals surface area contributed by atoms with E-state index in [9.17, 15) is 9.59 Å². The van der Waals surface area contributed by atoms with Gasteiger partial charge in [0.05, 0.1) is 18.2 Å². The lowest BCUT2D eigenvalue weighted by molar-refractivity contribution is 0.0952. The highest BCUT2D eigenvalue weighted by atomic mass is 16.6. The Morgan fingerprint density at radius 1 is 1.05 bits per heavy atom. The number of methoxy groups -OCH3 is 1. The summed E-state index contributed by atoms with van der Waals surface area (Å²) in [5.41, 5.74) is 2.95. The summed E-state index contributed by atoms with van der Waals surface area (Å²) in [6.45, 7) is 5.56. The number of likely N-dealkylation sites (tertiary alicyclic amines) is 1. The first-order valence-corrected chi connectivity index (χ1v) is 15.2. The summed E-state index contributed by atoms with van der Waals surface area (Å²) in [5, 5.41) is 3.64. The molecule has 4 heterocycles. The van der Waals surface area contributed by atoms with E-state index in [0.717, 1.165) is 56.1 Å². The Balaban J connectivity index is 1.09. The number of carbonyl (C=O) groups excluding carboxylic acids is 1. The van der Waals surface area contributed by atoms with E-state index in [4.69, 9.17) is 14.2 Å². The first-order valence-electron chi connectivity index (χ1n) is 15.2. The molecule has 6 rings (SSSR count). The molecular weight excluding hydrogens is 557 g/mol. The fourth-order valence-electron chi connectivity index (χ4n) is 6.11. The first-order chi connectivity index (χ1) is 21.5. The molecule has 11 heteroatoms. The minimum atomic E-state index is -0.296. The van der Waals surface area contributed by atoms with Crippen LogP contribution in [0, 0.1) is 0 Å². The van der Waals surface area contributed by atoms with E-state index in [-0.39, 0.29) is 11.5 Å². The monoisotopic (exact) mass is 595 g/mol. The Hall–Kier alpha value is -4.35. The predicted molar refractivity (Wildman–Crippen MR) is 171 cm³/mol. The van der Waals surface area contributed by atoms with Gasteiger partial charge in [-0.05, 0) is 67.4 Å². The van der Waals surface area contributed by atoms with Crippen molar-refractivity contribution in [1.29, 1.82) is 0 Å². The molecule has 1 N–H and O–H groups in total. The second-order valence-corrected chi connectivity index (χ2v) is 11.4. The molecule has 0 atom stereocenters. The Morgan fingerprint density at radius 2 is 1.86 bits per heavy atom. The highest BCUT2D eigenvalue weighted by molar-refractivity contribution is 6.06. The van der Waals surface area contributed by atoms with Gasteiger partial charge in [-0.25, -0.2) is 0 Å². The number of hydrogen-bond acceptors (Lipinski definition) is 8. The minimum absolute atomic E-state index is 0.202. The van der Waals surface area contributed by atoms with Gasteiger partial charge in [0.1, 0.15) is 19.0 Å². The molecular formula is C33H38BN5O5. The van der Waals surface area contributed by atoms with Crippen molar-refractivity contribution >= 4 is 24.8 Å². The normalized spacial score (nSPS) is 15.4. The Labute approximate surface area is 258 Å². The van der Waals surface area contributed by atoms with Crippen LogP contribution in [0.1, 0.15) is 34.3 Å². The lowest BCUT2D eigenvalue weighted by Crippen LogP contribution is -2.44. The van der Waals surface area contributed by atoms with Crippen LogP contribution in [0.4, 0.5) is 0 Å². The molecule has 0 saturated carbocycles. The van der Waals surface area contributed by atoms with Crippen LogP contribution in [-0.4, -0.2) is 79.1 Å². The molecule has 2 aromatic heterocycles. The number of ether oxygens (including phenoxy) is 3. The quantitative estimate of drug-likeness (QED) is 0.280. The van der Waals surface area contributed by atoms with Gasteiger partial charge in [0.25, 0.3) is 11.5 Å². The van der Waals surface area contributed by atoms with E-state index in [2.05, 4.69) is 40.1 Å². The van der Waals surface area contributed by atoms with Crippen molar-refractivity contribution in [2.45, 2.75) is 38.5 Å². The maximum Gasteiger partial charge on any atom is 0.252 e. The van der Waals surface area contributed by atoms with Crippen molar-refractivity contribution in [1.82, 2.24) is 24.6 Å². The van der Waals surface area contributed by atoms with Crippen LogP contribution in [0.2, 0.25) is 0 Å². The van der Waals surface area contributed by atoms with Crippen molar-refractivity contribution < 1.29 is 19.0 Å². The predicted octanol–water partition coefficient (Wildman–Crippen LogP) is 2.62. The zero-order valence-corrected chi connectivity index (χ0v) is 25.3. The third-order valence-electron chi connectivity index (χ3n) is 8.60. The number of aromatic nitrogens is 2. The smallest absolute Gasteiger partial charge is 0.252 e. The maximum absolute atomic E-state index is 13.4. The molecule has 10 nitrogen and oxygen atoms in total. The van der Waals surface area contributed by atoms with Crippen LogP contribution in [0.3, 0.4) is 0 Å². The standard InChI is InChI=1S/C33H38BN5O5/c1-42-26-5-6-27-28(33(41)36-21-24-3-2-10-35-20-24)19-32(40)38(29(27)18-26)14-13-37-11-8-25(9-12-37)39(34)22-23-4-7-30-31(17-23)44-16-15-43-30/h2-7,10,17-20,25H,8-9,11-16,21-22,34H2,1H3,(H,36,41). The van der Waals surface area contributed by atoms with Gasteiger partial charge >= 0.3 is 0 Å². The summed E-state index contributed by atoms with van der Waals surface area (Å²) in [6.07, 6.45) is 5.51. The molecule has 44 heavy (non-hydrogen) atoms. The van der Waals surface area contributed by atoms with Crippen molar-refractivity contribution in [3.8, 4) is 17.2 Å². The number of nitrogens with one attached hydrogen (secondary N) is 1. The van der Waals surface area contributed by atoms with Gasteiger partial charge in [-0.1, -0.05) is 12.1 Å². The molecule has 2 aliphatic heterocycles. The summed E-state index contributed by atoms with van der Waals surface area (Å²) in [4.78, 5) is 35.5. The third-order valence-corrected chi connectivity index (χ3v) is 8.60. The number of amides is 1. The van der Waals surface area contributed by atoms with Crippen molar-refractivity contribution in [3.63, 3.8) is 0 Å². The molecule has 2 aliphatic rings. The van der Waals surface area contributed by atoms with Gasteiger partial charge in [0, 0.05) is 62.1 Å². The van der Waals surface area contributed by atoms with E-state index < -0.39 is 0 Å². The first kappa shape index (κ1) is 29.7. The summed E-state index contributed by atoms with van der Waals surface area (Å²) in [7, 11) is 3.79. The van der Waals surface area contributed by atoms with Crippen LogP contribution in [0.25, 0.3) is 10.9 Å². The summed E-state index contributed by atoms with van der Waals surface area (Å²) in [6, 6.07) is 17.4. The van der Waals surface area contributed by atoms with Gasteiger partial charge in [-0.15, -0.1) is 0 Å². The zero-order valence-electron chi connectivity index (χ0n) is 25.3. The van der Waals surface area contributed by atoms with Gasteiger partial charge in [0.2, 0.25) is 0 Å². The molecule has 228 valence electrons. The number of hydrogen-bond donors (Lipinski definition) is 1. The van der Waals surface area contributed by atoms with Crippen LogP contribution >= 0.6 is 0 Å². The molecule has 2 aromatic carbocycles. The Kier molecular flexibility index (Phi) is 9.13. The lowest BCUT2D eigenvalue weighted by Gasteiger charge is -2.37. The van der Waals surface area contributed by atoms with Crippen LogP contribution < -0.4 is 25.1 Å². The largest absolute Gasteiger partial charge is 0.497 e. The van der Waals surface area contributed by atoms with Crippen LogP contribution in [0.5, 0.6) is 17.2 Å². The summed E-state index contributed by atoms with van der Waals surface area (Å²) in [5.74, 6) is 1.99. The van der Waals surface area contributed by atoms with E-state index in [1.54, 1.807) is 24.1 Å². The van der Waals surface area contributed by atoms with Gasteiger partial charge in [-0.2, -0.15) is 0 Å². The molecule has 1 amide bonds. The number of benzene rings is 2. The number of piperidine rings is 1. The van der Waals surface area contributed by atoms with E-state index in [1.807, 2.05) is 36.4 Å². The van der Waals surface area contributed by atoms with Gasteiger partial charge in [0.15, 0.2) is 19.5 Å². The SMILES string of the molecule is BN(Cc1ccc2c(c1)OCCO2)C1CCN(CCn2c(=O)cc(C(=O)NCc3cccnc3)c3ccc(OC)cc32)CC1. The van der Waals surface area contributed by atoms with E-state index >= 15 is 0 Å². The minimum Gasteiger partial charge on any atom is -0.497 e. The molecule has 0 bridgehead atoms. The second-order valence-electron chi connectivity index (χ2n) is 11.4. The number of carbonyl (C=O) groups is 1. The summed E-state index contributed by atoms with van der Waals surface area (Å²) < 4.78 is 18.6. The fourth-order valence-corrected chi connectivity index (χ4v) is 6.11. The highest BCUT2D eigenvalue weighted by Gasteiger charge is 2.23. The molecule has 0 unspecified atom stereocenters. The molecule has 1 fully saturated rings. The third kappa shape index (κ3) is 6.74. The van der Waals surface area contributed by atoms with Crippen LogP contribution in [-0.2, 0) is 19.6 Å². The number of pyridine rings is 2. The molecule has 0 radical (unpaired) electrons. The molecule has 0 spiro atoms. The fraction of sp³-hybridized carbons (Fsp3) is 0.364. The average molecular weight is 596 g/mol. The molecule has 1 saturated heterocycles. The number of nitrogens with zero attached hydrogens (tertiary/aromatic N) is 4. The van der Waals surface area contributed by atoms with Gasteiger partial charge < -0.3 is 33.8 Å². The second kappa shape index (κ2) is 13.5. The topological polar surface area (TPSA) is 98.2 Å². The number of rotatable bonds is 10. The van der Waals surface area contributed by atoms with Crippen molar-refractivity contribution in [2.24, 2.45) is 0 Å². The Bertz CT molecular complexity index is 1670. The highest BCUT2D eigenvalue weighted by Crippen LogP contribution is 2.31. The summed E-state index contributed by atoms with van der Waals surface area (Å²) >= 11 is 0. The van der Waals surface area contributed by atoms with E-state index in [0.29, 0.717) is 54.6 Å². The maximum atomic E-state index is 13.4. The average Bonchev–Trinajstić information content (AvgIpc) is 3.06. The van der Waals surface area contributed by atoms with Gasteiger partial charge in [-0.3, -0.25) is 14.6 Å². The van der Waals surface area contributed by atoms with E-state index in [1.165, 1.54) is 11.6 Å². The molecule has 0 aliphatic carbocycles. The lowest BCUT2D eigenvalue weighted by atomic mass is 9.99. The van der Waals surface area contributed by atoms with Crippen LogP contribution in [0.15, 0.2) is 71.8 Å². The molecule has 4 aromatic rings. The Morgan fingerprint density at radius 3 is 2.64 bits per heavy atom. The van der Waals surface area contributed by atoms with Crippen molar-refractivity contribution in [2.75, 3.05) is 40.0 Å². The number of fused-ring (bicyclic) bond motifs is 2.